The van der Waals surface area contributed by atoms with Crippen LogP contribution in [0.25, 0.3) is 76.8 Å². The maximum absolute atomic E-state index is 2.52. The van der Waals surface area contributed by atoms with Crippen LogP contribution >= 0.6 is 0 Å². The van der Waals surface area contributed by atoms with Gasteiger partial charge in [-0.1, -0.05) is 160 Å². The zero-order valence-corrected chi connectivity index (χ0v) is 33.7. The van der Waals surface area contributed by atoms with Gasteiger partial charge in [0, 0.05) is 0 Å². The SMILES string of the molecule is Cc1cc(C)c(-c2c3cc(C(C)C)ccc3c(-c3ccccc3)c3c(-c4c(C)cc(C)cc4C)c4cc(C(C)C)ccc4c(-c4ccccc4)c23)c(C)c1. The Morgan fingerprint density at radius 2 is 0.648 bits per heavy atom. The van der Waals surface area contributed by atoms with Crippen molar-refractivity contribution in [2.75, 3.05) is 0 Å². The average molecular weight is 701 g/mol. The Bertz CT molecular complexity index is 2500. The van der Waals surface area contributed by atoms with E-state index in [-0.39, 0.29) is 0 Å². The Balaban J connectivity index is 1.83. The van der Waals surface area contributed by atoms with Crippen molar-refractivity contribution in [1.82, 2.24) is 0 Å². The molecule has 54 heavy (non-hydrogen) atoms. The Morgan fingerprint density at radius 1 is 0.315 bits per heavy atom. The third-order valence-corrected chi connectivity index (χ3v) is 11.7. The van der Waals surface area contributed by atoms with E-state index in [4.69, 9.17) is 0 Å². The lowest BCUT2D eigenvalue weighted by Gasteiger charge is -2.28. The molecule has 8 aromatic carbocycles. The lowest BCUT2D eigenvalue weighted by atomic mass is 9.75. The van der Waals surface area contributed by atoms with Crippen LogP contribution in [0.4, 0.5) is 0 Å². The van der Waals surface area contributed by atoms with Crippen LogP contribution in [0, 0.1) is 41.5 Å². The minimum atomic E-state index is 0.395. The second kappa shape index (κ2) is 13.7. The molecule has 268 valence electrons. The average Bonchev–Trinajstić information content (AvgIpc) is 3.14. The number of hydrogen-bond acceptors (Lipinski definition) is 0. The van der Waals surface area contributed by atoms with Crippen molar-refractivity contribution < 1.29 is 0 Å². The second-order valence-corrected chi connectivity index (χ2v) is 16.4. The first kappa shape index (κ1) is 35.6. The van der Waals surface area contributed by atoms with Crippen molar-refractivity contribution in [2.24, 2.45) is 0 Å². The lowest BCUT2D eigenvalue weighted by molar-refractivity contribution is 0.869. The molecule has 0 aliphatic carbocycles. The van der Waals surface area contributed by atoms with Crippen molar-refractivity contribution in [1.29, 1.82) is 0 Å². The molecule has 0 unspecified atom stereocenters. The van der Waals surface area contributed by atoms with Gasteiger partial charge in [0.1, 0.15) is 0 Å². The van der Waals surface area contributed by atoms with E-state index in [2.05, 4.69) is 191 Å². The van der Waals surface area contributed by atoms with E-state index >= 15 is 0 Å². The van der Waals surface area contributed by atoms with Gasteiger partial charge in [0.25, 0.3) is 0 Å². The monoisotopic (exact) mass is 700 g/mol. The van der Waals surface area contributed by atoms with E-state index < -0.39 is 0 Å². The number of fused-ring (bicyclic) bond motifs is 3. The smallest absolute Gasteiger partial charge is 0.000118 e. The van der Waals surface area contributed by atoms with Crippen molar-refractivity contribution in [3.63, 3.8) is 0 Å². The molecule has 0 saturated heterocycles. The van der Waals surface area contributed by atoms with Gasteiger partial charge >= 0.3 is 0 Å². The minimum Gasteiger partial charge on any atom is -0.0622 e. The van der Waals surface area contributed by atoms with Gasteiger partial charge in [0.05, 0.1) is 0 Å². The number of hydrogen-bond donors (Lipinski definition) is 0. The van der Waals surface area contributed by atoms with Crippen LogP contribution < -0.4 is 0 Å². The van der Waals surface area contributed by atoms with Gasteiger partial charge in [-0.25, -0.2) is 0 Å². The normalized spacial score (nSPS) is 11.9. The predicted molar refractivity (Wildman–Crippen MR) is 237 cm³/mol. The maximum atomic E-state index is 2.52. The molecule has 0 bridgehead atoms. The van der Waals surface area contributed by atoms with Crippen LogP contribution in [0.3, 0.4) is 0 Å². The Morgan fingerprint density at radius 3 is 0.963 bits per heavy atom. The van der Waals surface area contributed by atoms with Gasteiger partial charge in [0.15, 0.2) is 0 Å². The molecule has 0 heterocycles. The van der Waals surface area contributed by atoms with Crippen LogP contribution in [0.5, 0.6) is 0 Å². The molecule has 0 aromatic heterocycles. The number of aryl methyl sites for hydroxylation is 6. The Labute approximate surface area is 322 Å². The third kappa shape index (κ3) is 5.84. The summed E-state index contributed by atoms with van der Waals surface area (Å²) in [5.41, 5.74) is 21.1. The highest BCUT2D eigenvalue weighted by molar-refractivity contribution is 6.34. The molecule has 8 rings (SSSR count). The van der Waals surface area contributed by atoms with Gasteiger partial charge in [-0.05, 0) is 164 Å². The standard InChI is InChI=1S/C54H52/c1-31(2)41-21-23-43-45(29-41)51(47-35(7)25-33(5)26-36(47)8)53-50(40-19-15-12-16-20-40)44-24-22-42(32(3)4)30-46(44)52(48-37(9)27-34(6)28-38(48)10)54(53)49(43)39-17-13-11-14-18-39/h11-32H,1-10H3. The summed E-state index contributed by atoms with van der Waals surface area (Å²) in [7, 11) is 0. The third-order valence-electron chi connectivity index (χ3n) is 11.7. The number of rotatable bonds is 6. The zero-order chi connectivity index (χ0) is 38.0. The molecular formula is C54H52. The zero-order valence-electron chi connectivity index (χ0n) is 33.7. The topological polar surface area (TPSA) is 0 Å². The maximum Gasteiger partial charge on any atom is -0.000118 e. The minimum absolute atomic E-state index is 0.395. The van der Waals surface area contributed by atoms with Gasteiger partial charge in [-0.15, -0.1) is 0 Å². The molecule has 8 aromatic rings. The van der Waals surface area contributed by atoms with Crippen molar-refractivity contribution in [3.05, 3.63) is 166 Å². The summed E-state index contributed by atoms with van der Waals surface area (Å²) in [5.74, 6) is 0.790. The fraction of sp³-hybridized carbons (Fsp3) is 0.222. The highest BCUT2D eigenvalue weighted by Gasteiger charge is 2.28. The predicted octanol–water partition coefficient (Wildman–Crippen LogP) is 15.9. The van der Waals surface area contributed by atoms with E-state index in [1.807, 2.05) is 0 Å². The molecule has 0 aliphatic heterocycles. The first-order valence-electron chi connectivity index (χ1n) is 19.7. The fourth-order valence-electron chi connectivity index (χ4n) is 9.46. The van der Waals surface area contributed by atoms with Crippen LogP contribution in [0.15, 0.2) is 121 Å². The highest BCUT2D eigenvalue weighted by atomic mass is 14.3. The molecule has 0 spiro atoms. The van der Waals surface area contributed by atoms with Gasteiger partial charge in [-0.2, -0.15) is 0 Å². The molecule has 0 atom stereocenters. The summed E-state index contributed by atoms with van der Waals surface area (Å²) in [6.07, 6.45) is 0. The molecule has 0 N–H and O–H groups in total. The van der Waals surface area contributed by atoms with Crippen LogP contribution in [-0.4, -0.2) is 0 Å². The fourth-order valence-corrected chi connectivity index (χ4v) is 9.46. The molecule has 0 aliphatic rings. The highest BCUT2D eigenvalue weighted by Crippen LogP contribution is 2.55. The summed E-state index contributed by atoms with van der Waals surface area (Å²) in [4.78, 5) is 0. The van der Waals surface area contributed by atoms with Gasteiger partial charge in [0.2, 0.25) is 0 Å². The molecule has 0 amide bonds. The van der Waals surface area contributed by atoms with Crippen molar-refractivity contribution in [2.45, 2.75) is 81.1 Å². The van der Waals surface area contributed by atoms with Crippen LogP contribution in [0.2, 0.25) is 0 Å². The summed E-state index contributed by atoms with van der Waals surface area (Å²) < 4.78 is 0. The Kier molecular flexibility index (Phi) is 9.06. The first-order valence-corrected chi connectivity index (χ1v) is 19.7. The molecule has 0 nitrogen and oxygen atoms in total. The van der Waals surface area contributed by atoms with E-state index in [1.54, 1.807) is 0 Å². The van der Waals surface area contributed by atoms with E-state index in [1.165, 1.54) is 121 Å². The van der Waals surface area contributed by atoms with Crippen molar-refractivity contribution >= 4 is 32.3 Å². The number of benzene rings is 8. The Hall–Kier alpha value is -5.46. The van der Waals surface area contributed by atoms with Gasteiger partial charge < -0.3 is 0 Å². The van der Waals surface area contributed by atoms with Crippen LogP contribution in [0.1, 0.15) is 84.0 Å². The molecule has 0 fully saturated rings. The molecular weight excluding hydrogens is 649 g/mol. The molecule has 0 radical (unpaired) electrons. The summed E-state index contributed by atoms with van der Waals surface area (Å²) in [6, 6.07) is 46.6. The summed E-state index contributed by atoms with van der Waals surface area (Å²) in [6.45, 7) is 23.0. The quantitative estimate of drug-likeness (QED) is 0.152. The van der Waals surface area contributed by atoms with Crippen molar-refractivity contribution in [3.8, 4) is 44.5 Å². The lowest BCUT2D eigenvalue weighted by Crippen LogP contribution is -2.02. The van der Waals surface area contributed by atoms with E-state index in [0.29, 0.717) is 11.8 Å². The first-order chi connectivity index (χ1) is 25.9. The van der Waals surface area contributed by atoms with Crippen LogP contribution in [-0.2, 0) is 0 Å². The van der Waals surface area contributed by atoms with Gasteiger partial charge in [-0.3, -0.25) is 0 Å². The summed E-state index contributed by atoms with van der Waals surface area (Å²) in [5, 5.41) is 7.91. The molecule has 0 heteroatoms. The molecule has 0 saturated carbocycles. The summed E-state index contributed by atoms with van der Waals surface area (Å²) >= 11 is 0. The van der Waals surface area contributed by atoms with E-state index in [0.717, 1.165) is 0 Å². The second-order valence-electron chi connectivity index (χ2n) is 16.4. The van der Waals surface area contributed by atoms with E-state index in [9.17, 15) is 0 Å². The largest absolute Gasteiger partial charge is 0.0622 e.